The highest BCUT2D eigenvalue weighted by Crippen LogP contribution is 2.51. The van der Waals surface area contributed by atoms with Gasteiger partial charge in [-0.05, 0) is 60.4 Å². The molecule has 0 amide bonds. The summed E-state index contributed by atoms with van der Waals surface area (Å²) in [6.07, 6.45) is 4.90. The van der Waals surface area contributed by atoms with Crippen LogP contribution in [-0.2, 0) is 6.42 Å². The lowest BCUT2D eigenvalue weighted by molar-refractivity contribution is 0.187. The van der Waals surface area contributed by atoms with E-state index in [2.05, 4.69) is 49.0 Å². The molecular weight excluding hydrogens is 474 g/mol. The average molecular weight is 499 g/mol. The predicted molar refractivity (Wildman–Crippen MR) is 130 cm³/mol. The van der Waals surface area contributed by atoms with Crippen molar-refractivity contribution in [3.05, 3.63) is 68.8 Å². The normalized spacial score (nSPS) is 19.6. The van der Waals surface area contributed by atoms with Gasteiger partial charge >= 0.3 is 0 Å². The Morgan fingerprint density at radius 3 is 2.71 bits per heavy atom. The number of nitrogens with two attached hydrogens (primary N) is 2. The summed E-state index contributed by atoms with van der Waals surface area (Å²) in [6, 6.07) is 12.4. The van der Waals surface area contributed by atoms with Gasteiger partial charge in [-0.3, -0.25) is 0 Å². The molecule has 3 aromatic rings. The maximum absolute atomic E-state index is 6.74. The van der Waals surface area contributed by atoms with Crippen molar-refractivity contribution < 1.29 is 0 Å². The summed E-state index contributed by atoms with van der Waals surface area (Å²) in [5, 5.41) is 0.664. The summed E-state index contributed by atoms with van der Waals surface area (Å²) in [5.74, 6) is 1.21. The molecule has 0 radical (unpaired) electrons. The summed E-state index contributed by atoms with van der Waals surface area (Å²) in [4.78, 5) is 11.6. The zero-order valence-corrected chi connectivity index (χ0v) is 19.7. The second-order valence-corrected chi connectivity index (χ2v) is 10.0. The second-order valence-electron chi connectivity index (χ2n) is 8.75. The Morgan fingerprint density at radius 1 is 1.19 bits per heavy atom. The van der Waals surface area contributed by atoms with Crippen molar-refractivity contribution in [2.45, 2.75) is 32.2 Å². The van der Waals surface area contributed by atoms with E-state index in [9.17, 15) is 0 Å². The average Bonchev–Trinajstić information content (AvgIpc) is 3.02. The minimum atomic E-state index is 0.0733. The van der Waals surface area contributed by atoms with Crippen LogP contribution in [-0.4, -0.2) is 23.1 Å². The van der Waals surface area contributed by atoms with Crippen molar-refractivity contribution in [1.29, 1.82) is 0 Å². The van der Waals surface area contributed by atoms with Crippen molar-refractivity contribution in [2.75, 3.05) is 23.7 Å². The number of halogens is 2. The number of hydrogen-bond donors (Lipinski definition) is 2. The molecule has 1 fully saturated rings. The molecule has 5 nitrogen and oxygen atoms in total. The summed E-state index contributed by atoms with van der Waals surface area (Å²) < 4.78 is 1.09. The number of piperidine rings is 1. The van der Waals surface area contributed by atoms with E-state index in [1.165, 1.54) is 11.1 Å². The van der Waals surface area contributed by atoms with Crippen LogP contribution in [0.4, 0.5) is 11.6 Å². The lowest BCUT2D eigenvalue weighted by Crippen LogP contribution is -2.44. The molecule has 2 heterocycles. The first-order chi connectivity index (χ1) is 14.9. The molecule has 0 unspecified atom stereocenters. The monoisotopic (exact) mass is 497 g/mol. The molecule has 31 heavy (non-hydrogen) atoms. The van der Waals surface area contributed by atoms with Gasteiger partial charge in [0.15, 0.2) is 5.82 Å². The van der Waals surface area contributed by atoms with E-state index in [-0.39, 0.29) is 11.5 Å². The van der Waals surface area contributed by atoms with Crippen LogP contribution in [0.1, 0.15) is 35.6 Å². The molecule has 1 aliphatic heterocycles. The Kier molecular flexibility index (Phi) is 5.19. The number of fused-ring (bicyclic) bond motifs is 1. The molecule has 5 rings (SSSR count). The Bertz CT molecular complexity index is 1160. The fourth-order valence-corrected chi connectivity index (χ4v) is 5.68. The van der Waals surface area contributed by atoms with E-state index < -0.39 is 0 Å². The molecule has 160 valence electrons. The van der Waals surface area contributed by atoms with Gasteiger partial charge in [0, 0.05) is 29.2 Å². The third-order valence-electron chi connectivity index (χ3n) is 6.96. The van der Waals surface area contributed by atoms with Crippen molar-refractivity contribution in [1.82, 2.24) is 9.97 Å². The Labute approximate surface area is 196 Å². The molecule has 1 aliphatic carbocycles. The highest BCUT2D eigenvalue weighted by molar-refractivity contribution is 9.10. The molecule has 1 spiro atoms. The van der Waals surface area contributed by atoms with Crippen LogP contribution in [0.5, 0.6) is 0 Å². The maximum Gasteiger partial charge on any atom is 0.152 e. The van der Waals surface area contributed by atoms with Crippen molar-refractivity contribution in [3.63, 3.8) is 0 Å². The standard InChI is InChI=1S/C24H25BrClN5/c1-14-3-2-4-17(20(14)26)21-23(28)30-19(13-29-21)31-9-7-24(8-10-31)12-15-5-6-16(25)11-18(15)22(24)27/h2-6,11,13,22H,7-10,12,27H2,1H3,(H2,28,30)/t22-/m1/s1. The lowest BCUT2D eigenvalue weighted by atomic mass is 9.73. The SMILES string of the molecule is Cc1cccc(-c2ncc(N3CCC4(CC3)Cc3ccc(Br)cc3[C@H]4N)nc2N)c1Cl. The highest BCUT2D eigenvalue weighted by Gasteiger charge is 2.46. The van der Waals surface area contributed by atoms with Gasteiger partial charge in [-0.1, -0.05) is 51.8 Å². The largest absolute Gasteiger partial charge is 0.382 e. The fraction of sp³-hybridized carbons (Fsp3) is 0.333. The van der Waals surface area contributed by atoms with Crippen LogP contribution >= 0.6 is 27.5 Å². The number of nitrogens with zero attached hydrogens (tertiary/aromatic N) is 3. The first-order valence-electron chi connectivity index (χ1n) is 10.5. The molecule has 2 aromatic carbocycles. The minimum Gasteiger partial charge on any atom is -0.382 e. The first kappa shape index (κ1) is 20.7. The zero-order valence-electron chi connectivity index (χ0n) is 17.4. The van der Waals surface area contributed by atoms with Crippen LogP contribution in [0.3, 0.4) is 0 Å². The Morgan fingerprint density at radius 2 is 1.97 bits per heavy atom. The number of aromatic nitrogens is 2. The third-order valence-corrected chi connectivity index (χ3v) is 7.96. The van der Waals surface area contributed by atoms with E-state index in [0.717, 1.165) is 53.8 Å². The van der Waals surface area contributed by atoms with Gasteiger partial charge < -0.3 is 16.4 Å². The quantitative estimate of drug-likeness (QED) is 0.501. The van der Waals surface area contributed by atoms with Crippen LogP contribution < -0.4 is 16.4 Å². The topological polar surface area (TPSA) is 81.1 Å². The van der Waals surface area contributed by atoms with Crippen LogP contribution in [0.25, 0.3) is 11.3 Å². The van der Waals surface area contributed by atoms with E-state index in [1.54, 1.807) is 0 Å². The molecule has 2 aliphatic rings. The van der Waals surface area contributed by atoms with Gasteiger partial charge in [-0.25, -0.2) is 9.97 Å². The van der Waals surface area contributed by atoms with Gasteiger partial charge in [0.2, 0.25) is 0 Å². The van der Waals surface area contributed by atoms with Crippen molar-refractivity contribution >= 4 is 39.2 Å². The summed E-state index contributed by atoms with van der Waals surface area (Å²) >= 11 is 10.1. The third kappa shape index (κ3) is 3.51. The molecule has 1 aromatic heterocycles. The van der Waals surface area contributed by atoms with Crippen LogP contribution in [0.15, 0.2) is 47.1 Å². The van der Waals surface area contributed by atoms with E-state index in [1.807, 2.05) is 31.3 Å². The first-order valence-corrected chi connectivity index (χ1v) is 11.7. The lowest BCUT2D eigenvalue weighted by Gasteiger charge is -2.42. The number of aryl methyl sites for hydroxylation is 1. The zero-order chi connectivity index (χ0) is 21.8. The molecule has 4 N–H and O–H groups in total. The van der Waals surface area contributed by atoms with Gasteiger partial charge in [0.25, 0.3) is 0 Å². The Balaban J connectivity index is 1.35. The van der Waals surface area contributed by atoms with Gasteiger partial charge in [0.05, 0.1) is 11.2 Å². The summed E-state index contributed by atoms with van der Waals surface area (Å²) in [6.45, 7) is 3.75. The number of anilines is 2. The van der Waals surface area contributed by atoms with Crippen LogP contribution in [0, 0.1) is 12.3 Å². The minimum absolute atomic E-state index is 0.0733. The number of benzene rings is 2. The molecule has 1 saturated heterocycles. The summed E-state index contributed by atoms with van der Waals surface area (Å²) in [5.41, 5.74) is 18.3. The highest BCUT2D eigenvalue weighted by atomic mass is 79.9. The second kappa shape index (κ2) is 7.76. The van der Waals surface area contributed by atoms with Crippen molar-refractivity contribution in [2.24, 2.45) is 11.1 Å². The van der Waals surface area contributed by atoms with E-state index in [0.29, 0.717) is 16.5 Å². The fourth-order valence-electron chi connectivity index (χ4n) is 5.09. The van der Waals surface area contributed by atoms with Crippen LogP contribution in [0.2, 0.25) is 5.02 Å². The van der Waals surface area contributed by atoms with E-state index >= 15 is 0 Å². The smallest absolute Gasteiger partial charge is 0.152 e. The molecule has 7 heteroatoms. The molecule has 0 saturated carbocycles. The Hall–Kier alpha value is -2.15. The number of hydrogen-bond acceptors (Lipinski definition) is 5. The predicted octanol–water partition coefficient (Wildman–Crippen LogP) is 5.29. The maximum atomic E-state index is 6.74. The van der Waals surface area contributed by atoms with Gasteiger partial charge in [-0.2, -0.15) is 0 Å². The molecule has 0 bridgehead atoms. The van der Waals surface area contributed by atoms with E-state index in [4.69, 9.17) is 23.1 Å². The van der Waals surface area contributed by atoms with Gasteiger partial charge in [-0.15, -0.1) is 0 Å². The summed E-state index contributed by atoms with van der Waals surface area (Å²) in [7, 11) is 0. The van der Waals surface area contributed by atoms with Gasteiger partial charge in [0.1, 0.15) is 11.5 Å². The van der Waals surface area contributed by atoms with Crippen molar-refractivity contribution in [3.8, 4) is 11.3 Å². The molecular formula is C24H25BrClN5. The number of nitrogen functional groups attached to an aromatic ring is 1. The molecule has 1 atom stereocenters. The number of rotatable bonds is 2.